The summed E-state index contributed by atoms with van der Waals surface area (Å²) in [5.41, 5.74) is 0. The Bertz CT molecular complexity index is 301. The van der Waals surface area contributed by atoms with Crippen LogP contribution in [0.15, 0.2) is 0 Å². The van der Waals surface area contributed by atoms with Gasteiger partial charge in [-0.05, 0) is 18.7 Å². The standard InChI is InChI=1S/C10H21N5S/c1-5-8(2)16-7-9(11-3)6-10-12-14-15(4)13-10/h8-9,11H,5-7H2,1-4H3. The van der Waals surface area contributed by atoms with Crippen LogP contribution in [0.4, 0.5) is 0 Å². The Balaban J connectivity index is 2.37. The van der Waals surface area contributed by atoms with E-state index in [1.54, 1.807) is 7.05 Å². The molecule has 2 unspecified atom stereocenters. The lowest BCUT2D eigenvalue weighted by atomic mass is 10.2. The average Bonchev–Trinajstić information content (AvgIpc) is 2.69. The zero-order valence-electron chi connectivity index (χ0n) is 10.5. The molecule has 0 aliphatic carbocycles. The van der Waals surface area contributed by atoms with Crippen LogP contribution in [0.3, 0.4) is 0 Å². The van der Waals surface area contributed by atoms with Crippen molar-refractivity contribution in [2.75, 3.05) is 12.8 Å². The van der Waals surface area contributed by atoms with Gasteiger partial charge in [-0.25, -0.2) is 0 Å². The van der Waals surface area contributed by atoms with Gasteiger partial charge in [0, 0.05) is 23.5 Å². The second kappa shape index (κ2) is 6.85. The minimum Gasteiger partial charge on any atom is -0.316 e. The number of likely N-dealkylation sites (N-methyl/N-ethyl adjacent to an activating group) is 1. The predicted octanol–water partition coefficient (Wildman–Crippen LogP) is 0.872. The van der Waals surface area contributed by atoms with Gasteiger partial charge in [-0.2, -0.15) is 16.6 Å². The zero-order valence-corrected chi connectivity index (χ0v) is 11.3. The smallest absolute Gasteiger partial charge is 0.176 e. The third-order valence-corrected chi connectivity index (χ3v) is 4.04. The van der Waals surface area contributed by atoms with E-state index >= 15 is 0 Å². The van der Waals surface area contributed by atoms with Crippen molar-refractivity contribution in [2.45, 2.75) is 38.0 Å². The SMILES string of the molecule is CCC(C)SCC(Cc1nnn(C)n1)NC. The van der Waals surface area contributed by atoms with Crippen LogP contribution in [0.5, 0.6) is 0 Å². The Morgan fingerprint density at radius 3 is 2.75 bits per heavy atom. The van der Waals surface area contributed by atoms with Gasteiger partial charge in [0.05, 0.1) is 7.05 Å². The van der Waals surface area contributed by atoms with Crippen LogP contribution in [0.1, 0.15) is 26.1 Å². The van der Waals surface area contributed by atoms with Crippen LogP contribution in [0.25, 0.3) is 0 Å². The molecule has 0 aromatic carbocycles. The highest BCUT2D eigenvalue weighted by atomic mass is 32.2. The summed E-state index contributed by atoms with van der Waals surface area (Å²) in [7, 11) is 3.77. The first-order chi connectivity index (χ1) is 7.65. The second-order valence-electron chi connectivity index (χ2n) is 3.94. The molecule has 1 N–H and O–H groups in total. The molecule has 16 heavy (non-hydrogen) atoms. The highest BCUT2D eigenvalue weighted by Crippen LogP contribution is 2.15. The molecule has 1 aromatic heterocycles. The molecule has 1 heterocycles. The molecule has 5 nitrogen and oxygen atoms in total. The number of tetrazole rings is 1. The lowest BCUT2D eigenvalue weighted by molar-refractivity contribution is 0.590. The van der Waals surface area contributed by atoms with Gasteiger partial charge in [-0.1, -0.05) is 13.8 Å². The molecule has 1 aromatic rings. The summed E-state index contributed by atoms with van der Waals surface area (Å²) in [4.78, 5) is 1.50. The topological polar surface area (TPSA) is 55.6 Å². The maximum absolute atomic E-state index is 4.19. The van der Waals surface area contributed by atoms with Crippen LogP contribution in [0.2, 0.25) is 0 Å². The molecule has 0 bridgehead atoms. The first-order valence-corrected chi connectivity index (χ1v) is 6.72. The van der Waals surface area contributed by atoms with Crippen molar-refractivity contribution in [3.8, 4) is 0 Å². The number of hydrogen-bond acceptors (Lipinski definition) is 5. The summed E-state index contributed by atoms with van der Waals surface area (Å²) < 4.78 is 0. The molecule has 6 heteroatoms. The molecule has 1 rings (SSSR count). The molecule has 0 aliphatic heterocycles. The number of thioether (sulfide) groups is 1. The normalized spacial score (nSPS) is 15.0. The Morgan fingerprint density at radius 1 is 1.50 bits per heavy atom. The van der Waals surface area contributed by atoms with Crippen LogP contribution in [-0.2, 0) is 13.5 Å². The minimum atomic E-state index is 0.420. The van der Waals surface area contributed by atoms with Gasteiger partial charge in [-0.15, -0.1) is 10.2 Å². The van der Waals surface area contributed by atoms with Crippen molar-refractivity contribution in [3.63, 3.8) is 0 Å². The van der Waals surface area contributed by atoms with Gasteiger partial charge in [0.25, 0.3) is 0 Å². The summed E-state index contributed by atoms with van der Waals surface area (Å²) in [5, 5.41) is 16.0. The molecule has 0 saturated carbocycles. The third kappa shape index (κ3) is 4.49. The summed E-state index contributed by atoms with van der Waals surface area (Å²) >= 11 is 1.99. The molecule has 0 saturated heterocycles. The first-order valence-electron chi connectivity index (χ1n) is 5.67. The van der Waals surface area contributed by atoms with Gasteiger partial charge in [0.15, 0.2) is 5.82 Å². The number of aryl methyl sites for hydroxylation is 1. The van der Waals surface area contributed by atoms with E-state index in [4.69, 9.17) is 0 Å². The van der Waals surface area contributed by atoms with Crippen molar-refractivity contribution in [2.24, 2.45) is 7.05 Å². The molecule has 0 fully saturated rings. The van der Waals surface area contributed by atoms with E-state index in [2.05, 4.69) is 34.6 Å². The molecular formula is C10H21N5S. The molecule has 0 spiro atoms. The Labute approximate surface area is 101 Å². The lowest BCUT2D eigenvalue weighted by Gasteiger charge is -2.16. The highest BCUT2D eigenvalue weighted by molar-refractivity contribution is 7.99. The Hall–Kier alpha value is -0.620. The van der Waals surface area contributed by atoms with Crippen LogP contribution < -0.4 is 5.32 Å². The van der Waals surface area contributed by atoms with Gasteiger partial charge >= 0.3 is 0 Å². The van der Waals surface area contributed by atoms with E-state index in [0.29, 0.717) is 11.3 Å². The quantitative estimate of drug-likeness (QED) is 0.770. The zero-order chi connectivity index (χ0) is 12.0. The molecule has 0 aliphatic rings. The van der Waals surface area contributed by atoms with Gasteiger partial charge in [-0.3, -0.25) is 0 Å². The van der Waals surface area contributed by atoms with E-state index in [-0.39, 0.29) is 0 Å². The summed E-state index contributed by atoms with van der Waals surface area (Å²) in [6.45, 7) is 4.48. The summed E-state index contributed by atoms with van der Waals surface area (Å²) in [6.07, 6.45) is 2.05. The summed E-state index contributed by atoms with van der Waals surface area (Å²) in [5.74, 6) is 1.90. The third-order valence-electron chi connectivity index (χ3n) is 2.54. The Morgan fingerprint density at radius 2 is 2.25 bits per heavy atom. The Kier molecular flexibility index (Phi) is 5.76. The number of nitrogens with one attached hydrogen (secondary N) is 1. The number of rotatable bonds is 7. The van der Waals surface area contributed by atoms with Crippen molar-refractivity contribution in [1.82, 2.24) is 25.5 Å². The van der Waals surface area contributed by atoms with E-state index in [1.807, 2.05) is 18.8 Å². The number of hydrogen-bond donors (Lipinski definition) is 1. The molecule has 92 valence electrons. The average molecular weight is 243 g/mol. The molecule has 0 amide bonds. The largest absolute Gasteiger partial charge is 0.316 e. The maximum Gasteiger partial charge on any atom is 0.176 e. The van der Waals surface area contributed by atoms with Gasteiger partial charge in [0.2, 0.25) is 0 Å². The lowest BCUT2D eigenvalue weighted by Crippen LogP contribution is -2.31. The first kappa shape index (κ1) is 13.4. The van der Waals surface area contributed by atoms with Crippen molar-refractivity contribution >= 4 is 11.8 Å². The molecule has 0 radical (unpaired) electrons. The van der Waals surface area contributed by atoms with Crippen LogP contribution >= 0.6 is 11.8 Å². The monoisotopic (exact) mass is 243 g/mol. The maximum atomic E-state index is 4.19. The van der Waals surface area contributed by atoms with E-state index in [0.717, 1.165) is 18.0 Å². The fourth-order valence-corrected chi connectivity index (χ4v) is 2.35. The minimum absolute atomic E-state index is 0.420. The highest BCUT2D eigenvalue weighted by Gasteiger charge is 2.12. The van der Waals surface area contributed by atoms with E-state index < -0.39 is 0 Å². The van der Waals surface area contributed by atoms with E-state index in [9.17, 15) is 0 Å². The predicted molar refractivity (Wildman–Crippen MR) is 67.6 cm³/mol. The van der Waals surface area contributed by atoms with Crippen LogP contribution in [0, 0.1) is 0 Å². The van der Waals surface area contributed by atoms with Crippen LogP contribution in [-0.4, -0.2) is 44.3 Å². The van der Waals surface area contributed by atoms with Gasteiger partial charge < -0.3 is 5.32 Å². The van der Waals surface area contributed by atoms with E-state index in [1.165, 1.54) is 11.2 Å². The second-order valence-corrected chi connectivity index (χ2v) is 5.41. The number of nitrogens with zero attached hydrogens (tertiary/aromatic N) is 4. The fraction of sp³-hybridized carbons (Fsp3) is 0.900. The molecule has 2 atom stereocenters. The van der Waals surface area contributed by atoms with Gasteiger partial charge in [0.1, 0.15) is 0 Å². The molecular weight excluding hydrogens is 222 g/mol. The van der Waals surface area contributed by atoms with Crippen molar-refractivity contribution in [1.29, 1.82) is 0 Å². The summed E-state index contributed by atoms with van der Waals surface area (Å²) in [6, 6.07) is 0.420. The fourth-order valence-electron chi connectivity index (χ4n) is 1.27. The van der Waals surface area contributed by atoms with Crippen molar-refractivity contribution in [3.05, 3.63) is 5.82 Å². The number of aromatic nitrogens is 4. The van der Waals surface area contributed by atoms with Crippen molar-refractivity contribution < 1.29 is 0 Å².